The van der Waals surface area contributed by atoms with E-state index in [2.05, 4.69) is 19.6 Å². The predicted octanol–water partition coefficient (Wildman–Crippen LogP) is 2.37. The van der Waals surface area contributed by atoms with Gasteiger partial charge in [-0.1, -0.05) is 19.3 Å². The summed E-state index contributed by atoms with van der Waals surface area (Å²) in [7, 11) is 0. The van der Waals surface area contributed by atoms with Crippen molar-refractivity contribution < 1.29 is 24.0 Å². The zero-order chi connectivity index (χ0) is 12.9. The fraction of sp³-hybridized carbons (Fsp3) is 1.00. The van der Waals surface area contributed by atoms with Gasteiger partial charge in [-0.15, -0.1) is 0 Å². The van der Waals surface area contributed by atoms with Gasteiger partial charge in [0.1, 0.15) is 0 Å². The van der Waals surface area contributed by atoms with E-state index in [1.165, 1.54) is 19.3 Å². The van der Waals surface area contributed by atoms with Crippen LogP contribution in [0.4, 0.5) is 13.2 Å². The molecule has 0 atom stereocenters. The van der Waals surface area contributed by atoms with Gasteiger partial charge in [0.15, 0.2) is 0 Å². The number of alkyl halides is 3. The van der Waals surface area contributed by atoms with Gasteiger partial charge in [-0.25, -0.2) is 0 Å². The normalized spacial score (nSPS) is 12.0. The second-order valence-electron chi connectivity index (χ2n) is 3.80. The van der Waals surface area contributed by atoms with Crippen LogP contribution in [0, 0.1) is 0 Å². The molecule has 0 saturated heterocycles. The number of aliphatic hydroxyl groups is 1. The molecule has 0 aromatic rings. The third kappa shape index (κ3) is 3730. The highest BCUT2D eigenvalue weighted by Crippen LogP contribution is 2.14. The van der Waals surface area contributed by atoms with E-state index in [-0.39, 0.29) is 6.10 Å². The molecule has 0 heterocycles. The summed E-state index contributed by atoms with van der Waals surface area (Å²) in [5.41, 5.74) is 3.64. The van der Waals surface area contributed by atoms with Crippen LogP contribution in [0.5, 0.6) is 0 Å². The Morgan fingerprint density at radius 1 is 0.933 bits per heavy atom. The Morgan fingerprint density at radius 3 is 1.00 bits per heavy atom. The van der Waals surface area contributed by atoms with Crippen LogP contribution in [0.2, 0.25) is 0 Å². The maximum Gasteiger partial charge on any atom is 0.379 e. The van der Waals surface area contributed by atoms with Crippen LogP contribution in [0.25, 0.3) is 0 Å². The van der Waals surface area contributed by atoms with Gasteiger partial charge in [-0.3, -0.25) is 0 Å². The Kier molecular flexibility index (Phi) is 21.7. The molecule has 0 spiro atoms. The highest BCUT2D eigenvalue weighted by molar-refractivity contribution is 4.50. The zero-order valence-corrected chi connectivity index (χ0v) is 10.1. The van der Waals surface area contributed by atoms with Crippen LogP contribution in [-0.4, -0.2) is 23.9 Å². The van der Waals surface area contributed by atoms with E-state index >= 15 is 0 Å². The molecule has 1 fully saturated rings. The summed E-state index contributed by atoms with van der Waals surface area (Å²) in [6.45, 7) is 3.89. The Hall–Kier alpha value is -0.290. The largest absolute Gasteiger partial charge is 0.394 e. The molecule has 0 unspecified atom stereocenters. The second kappa shape index (κ2) is 16.2. The maximum absolute atomic E-state index is 9.67. The summed E-state index contributed by atoms with van der Waals surface area (Å²) in [5.74, 6) is 0. The van der Waals surface area contributed by atoms with Crippen LogP contribution in [0.15, 0.2) is 0 Å². The quantitative estimate of drug-likeness (QED) is 0.662. The van der Waals surface area contributed by atoms with E-state index in [1.54, 1.807) is 13.8 Å². The van der Waals surface area contributed by atoms with E-state index in [9.17, 15) is 13.2 Å². The van der Waals surface area contributed by atoms with Gasteiger partial charge in [-0.05, 0) is 27.7 Å². The first kappa shape index (κ1) is 20.2. The highest BCUT2D eigenvalue weighted by atomic mass is 19.4. The lowest BCUT2D eigenvalue weighted by Gasteiger charge is -1.80. The Balaban J connectivity index is -0.000000128. The lowest BCUT2D eigenvalue weighted by molar-refractivity contribution is -0.407. The minimum absolute atomic E-state index is 0.167. The molecule has 1 aliphatic carbocycles. The van der Waals surface area contributed by atoms with Gasteiger partial charge in [0.05, 0.1) is 6.04 Å². The summed E-state index contributed by atoms with van der Waals surface area (Å²) in [5, 5.41) is 8.06. The first-order chi connectivity index (χ1) is 6.70. The minimum atomic E-state index is -3.67. The lowest BCUT2D eigenvalue weighted by Crippen LogP contribution is -2.57. The predicted molar refractivity (Wildman–Crippen MR) is 56.3 cm³/mol. The molecule has 5 heteroatoms. The van der Waals surface area contributed by atoms with Crippen LogP contribution >= 0.6 is 0 Å². The molecule has 0 aliphatic heterocycles. The first-order valence-electron chi connectivity index (χ1n) is 5.13. The SMILES string of the molecule is C1CC1.CC(C)O.CC(C)[NH3+].FC(F)F. The molecule has 1 saturated carbocycles. The number of hydrogen-bond donors (Lipinski definition) is 2. The molecule has 0 amide bonds. The van der Waals surface area contributed by atoms with E-state index in [0.717, 1.165) is 0 Å². The van der Waals surface area contributed by atoms with Gasteiger partial charge in [-0.2, -0.15) is 13.2 Å². The summed E-state index contributed by atoms with van der Waals surface area (Å²) < 4.78 is 29.0. The standard InChI is InChI=1S/C3H9N.C3H8O.C3H6.CHF3/c2*1-3(2)4;1-2-3-1;2-1(3)4/h3H,4H2,1-2H3;3-4H,1-2H3;1-3H2;1H/p+1. The Morgan fingerprint density at radius 2 is 1.00 bits per heavy atom. The van der Waals surface area contributed by atoms with Gasteiger partial charge in [0.2, 0.25) is 0 Å². The van der Waals surface area contributed by atoms with Crippen molar-refractivity contribution in [2.75, 3.05) is 0 Å². The monoisotopic (exact) mass is 232 g/mol. The van der Waals surface area contributed by atoms with E-state index in [1.807, 2.05) is 0 Å². The third-order valence-electron chi connectivity index (χ3n) is 0.354. The second-order valence-corrected chi connectivity index (χ2v) is 3.80. The fourth-order valence-electron chi connectivity index (χ4n) is 0. The average molecular weight is 232 g/mol. The average Bonchev–Trinajstić information content (AvgIpc) is 2.61. The van der Waals surface area contributed by atoms with Gasteiger partial charge in [0, 0.05) is 6.10 Å². The summed E-state index contributed by atoms with van der Waals surface area (Å²) in [4.78, 5) is 0. The molecule has 0 aromatic carbocycles. The Bertz CT molecular complexity index is 73.4. The first-order valence-corrected chi connectivity index (χ1v) is 5.13. The van der Waals surface area contributed by atoms with Gasteiger partial charge < -0.3 is 10.8 Å². The number of hydrogen-bond acceptors (Lipinski definition) is 1. The number of halogens is 3. The number of quaternary nitrogens is 1. The molecule has 1 aliphatic rings. The molecule has 4 N–H and O–H groups in total. The van der Waals surface area contributed by atoms with Crippen molar-refractivity contribution in [3.8, 4) is 0 Å². The third-order valence-corrected chi connectivity index (χ3v) is 0.354. The van der Waals surface area contributed by atoms with Crippen LogP contribution in [0.3, 0.4) is 0 Å². The van der Waals surface area contributed by atoms with E-state index in [4.69, 9.17) is 5.11 Å². The van der Waals surface area contributed by atoms with Gasteiger partial charge in [0.25, 0.3) is 0 Å². The Labute approximate surface area is 90.7 Å². The fourth-order valence-corrected chi connectivity index (χ4v) is 0. The van der Waals surface area contributed by atoms with Crippen LogP contribution in [0.1, 0.15) is 47.0 Å². The molecule has 96 valence electrons. The molecule has 0 bridgehead atoms. The van der Waals surface area contributed by atoms with Crippen molar-refractivity contribution in [2.45, 2.75) is 65.8 Å². The van der Waals surface area contributed by atoms with Crippen LogP contribution < -0.4 is 5.73 Å². The van der Waals surface area contributed by atoms with Crippen molar-refractivity contribution in [3.63, 3.8) is 0 Å². The molecule has 0 aromatic heterocycles. The topological polar surface area (TPSA) is 47.9 Å². The van der Waals surface area contributed by atoms with E-state index in [0.29, 0.717) is 6.04 Å². The molecule has 2 nitrogen and oxygen atoms in total. The molecule has 0 radical (unpaired) electrons. The number of rotatable bonds is 0. The molecule has 15 heavy (non-hydrogen) atoms. The zero-order valence-electron chi connectivity index (χ0n) is 10.1. The molecular formula is C10H25F3NO+. The van der Waals surface area contributed by atoms with E-state index < -0.39 is 6.68 Å². The maximum atomic E-state index is 9.67. The highest BCUT2D eigenvalue weighted by Gasteiger charge is 1.95. The summed E-state index contributed by atoms with van der Waals surface area (Å²) in [6.07, 6.45) is 4.33. The van der Waals surface area contributed by atoms with Crippen molar-refractivity contribution in [1.29, 1.82) is 0 Å². The smallest absolute Gasteiger partial charge is 0.379 e. The van der Waals surface area contributed by atoms with Crippen LogP contribution in [-0.2, 0) is 0 Å². The molecular weight excluding hydrogens is 207 g/mol. The van der Waals surface area contributed by atoms with Crippen molar-refractivity contribution in [3.05, 3.63) is 0 Å². The minimum Gasteiger partial charge on any atom is -0.394 e. The molecule has 1 rings (SSSR count). The lowest BCUT2D eigenvalue weighted by atomic mass is 10.5. The summed E-state index contributed by atoms with van der Waals surface area (Å²) in [6, 6.07) is 0.583. The van der Waals surface area contributed by atoms with Gasteiger partial charge >= 0.3 is 6.68 Å². The van der Waals surface area contributed by atoms with Crippen molar-refractivity contribution >= 4 is 0 Å². The summed E-state index contributed by atoms with van der Waals surface area (Å²) >= 11 is 0. The number of aliphatic hydroxyl groups excluding tert-OH is 1. The van der Waals surface area contributed by atoms with Crippen molar-refractivity contribution in [2.24, 2.45) is 0 Å². The van der Waals surface area contributed by atoms with Crippen molar-refractivity contribution in [1.82, 2.24) is 0 Å².